The van der Waals surface area contributed by atoms with Crippen LogP contribution in [0.1, 0.15) is 0 Å². The average molecular weight is 450 g/mol. The highest BCUT2D eigenvalue weighted by Gasteiger charge is 2.16. The van der Waals surface area contributed by atoms with Crippen LogP contribution in [0.3, 0.4) is 0 Å². The maximum Gasteiger partial charge on any atom is 0.417 e. The van der Waals surface area contributed by atoms with Gasteiger partial charge in [0.1, 0.15) is 24.2 Å². The van der Waals surface area contributed by atoms with Crippen LogP contribution in [0.4, 0.5) is 5.69 Å². The Hall–Kier alpha value is -4.45. The molecule has 3 aromatic heterocycles. The van der Waals surface area contributed by atoms with Gasteiger partial charge >= 0.3 is 5.76 Å². The number of H-pyrrole nitrogens is 1. The molecule has 0 aliphatic heterocycles. The largest absolute Gasteiger partial charge is 0.439 e. The predicted molar refractivity (Wildman–Crippen MR) is 113 cm³/mol. The van der Waals surface area contributed by atoms with Crippen molar-refractivity contribution in [2.24, 2.45) is 0 Å². The molecular formula is C20H14N6O5S. The van der Waals surface area contributed by atoms with Gasteiger partial charge in [-0.15, -0.1) is 0 Å². The van der Waals surface area contributed by atoms with Gasteiger partial charge in [-0.25, -0.2) is 28.2 Å². The molecule has 2 aromatic carbocycles. The fraction of sp³-hybridized carbons (Fsp3) is 0. The monoisotopic (exact) mass is 450 g/mol. The van der Waals surface area contributed by atoms with Gasteiger partial charge in [-0.1, -0.05) is 0 Å². The number of oxazole rings is 1. The van der Waals surface area contributed by atoms with E-state index in [1.165, 1.54) is 24.5 Å². The van der Waals surface area contributed by atoms with Gasteiger partial charge in [0.15, 0.2) is 5.58 Å². The highest BCUT2D eigenvalue weighted by Crippen LogP contribution is 2.24. The van der Waals surface area contributed by atoms with Crippen LogP contribution in [0.25, 0.3) is 16.9 Å². The second-order valence-electron chi connectivity index (χ2n) is 6.59. The van der Waals surface area contributed by atoms with E-state index in [1.807, 2.05) is 0 Å². The first-order valence-electron chi connectivity index (χ1n) is 9.20. The summed E-state index contributed by atoms with van der Waals surface area (Å²) in [7, 11) is -3.88. The molecule has 0 spiro atoms. The fourth-order valence-corrected chi connectivity index (χ4v) is 4.03. The van der Waals surface area contributed by atoms with Gasteiger partial charge in [-0.05, 0) is 42.5 Å². The molecule has 0 bridgehead atoms. The number of sulfonamides is 1. The molecule has 2 N–H and O–H groups in total. The van der Waals surface area contributed by atoms with E-state index in [4.69, 9.17) is 9.15 Å². The molecule has 0 unspecified atom stereocenters. The van der Waals surface area contributed by atoms with Crippen LogP contribution >= 0.6 is 0 Å². The van der Waals surface area contributed by atoms with E-state index in [0.29, 0.717) is 28.7 Å². The molecule has 0 radical (unpaired) electrons. The summed E-state index contributed by atoms with van der Waals surface area (Å²) in [5.41, 5.74) is 0.901. The van der Waals surface area contributed by atoms with Crippen molar-refractivity contribution in [1.29, 1.82) is 0 Å². The smallest absolute Gasteiger partial charge is 0.417 e. The quantitative estimate of drug-likeness (QED) is 0.402. The number of nitrogens with zero attached hydrogens (tertiary/aromatic N) is 4. The molecule has 0 amide bonds. The van der Waals surface area contributed by atoms with Crippen LogP contribution in [0.2, 0.25) is 0 Å². The number of ether oxygens (including phenoxy) is 1. The van der Waals surface area contributed by atoms with Gasteiger partial charge in [0, 0.05) is 24.1 Å². The molecular weight excluding hydrogens is 436 g/mol. The molecule has 0 aliphatic carbocycles. The standard InChI is InChI=1S/C20H14N6O5S/c27-20-24-16-9-15(5-6-17(16)31-20)32(28,29)25-13-1-3-14(4-2-13)30-19-10-18(22-11-23-19)26-8-7-21-12-26/h1-12,25H,(H,24,27). The van der Waals surface area contributed by atoms with Crippen LogP contribution in [0.5, 0.6) is 11.6 Å². The van der Waals surface area contributed by atoms with Gasteiger partial charge in [0.2, 0.25) is 5.88 Å². The average Bonchev–Trinajstić information content (AvgIpc) is 3.43. The van der Waals surface area contributed by atoms with Gasteiger partial charge in [0.05, 0.1) is 10.4 Å². The second-order valence-corrected chi connectivity index (χ2v) is 8.27. The van der Waals surface area contributed by atoms with Crippen molar-refractivity contribution >= 4 is 26.8 Å². The molecule has 0 fully saturated rings. The number of hydrogen-bond donors (Lipinski definition) is 2. The van der Waals surface area contributed by atoms with E-state index >= 15 is 0 Å². The Bertz CT molecular complexity index is 1560. The third kappa shape index (κ3) is 3.94. The van der Waals surface area contributed by atoms with Gasteiger partial charge in [-0.2, -0.15) is 0 Å². The lowest BCUT2D eigenvalue weighted by atomic mass is 10.3. The zero-order valence-electron chi connectivity index (χ0n) is 16.2. The molecule has 0 aliphatic rings. The fourth-order valence-electron chi connectivity index (χ4n) is 2.95. The highest BCUT2D eigenvalue weighted by atomic mass is 32.2. The van der Waals surface area contributed by atoms with Crippen LogP contribution in [0.15, 0.2) is 87.7 Å². The van der Waals surface area contributed by atoms with E-state index in [-0.39, 0.29) is 10.5 Å². The minimum absolute atomic E-state index is 0.0182. The van der Waals surface area contributed by atoms with E-state index in [1.54, 1.807) is 53.6 Å². The van der Waals surface area contributed by atoms with Gasteiger partial charge in [-0.3, -0.25) is 14.3 Å². The highest BCUT2D eigenvalue weighted by molar-refractivity contribution is 7.92. The molecule has 11 nitrogen and oxygen atoms in total. The number of aromatic nitrogens is 5. The zero-order valence-corrected chi connectivity index (χ0v) is 17.0. The normalized spacial score (nSPS) is 11.5. The van der Waals surface area contributed by atoms with E-state index < -0.39 is 15.8 Å². The van der Waals surface area contributed by atoms with E-state index in [9.17, 15) is 13.2 Å². The summed E-state index contributed by atoms with van der Waals surface area (Å²) >= 11 is 0. The van der Waals surface area contributed by atoms with Crippen LogP contribution in [-0.2, 0) is 10.0 Å². The number of hydrogen-bond acceptors (Lipinski definition) is 8. The van der Waals surface area contributed by atoms with Crippen LogP contribution < -0.4 is 15.2 Å². The lowest BCUT2D eigenvalue weighted by Crippen LogP contribution is -2.12. The molecule has 3 heterocycles. The Morgan fingerprint density at radius 2 is 1.91 bits per heavy atom. The number of benzene rings is 2. The molecule has 5 aromatic rings. The summed E-state index contributed by atoms with van der Waals surface area (Å²) in [6, 6.07) is 12.1. The lowest BCUT2D eigenvalue weighted by Gasteiger charge is -2.10. The molecule has 12 heteroatoms. The molecule has 32 heavy (non-hydrogen) atoms. The number of imidazole rings is 1. The van der Waals surface area contributed by atoms with Crippen LogP contribution in [-0.4, -0.2) is 32.9 Å². The first-order valence-corrected chi connectivity index (χ1v) is 10.7. The van der Waals surface area contributed by atoms with Crippen molar-refractivity contribution in [1.82, 2.24) is 24.5 Å². The van der Waals surface area contributed by atoms with Crippen molar-refractivity contribution in [3.63, 3.8) is 0 Å². The predicted octanol–water partition coefficient (Wildman–Crippen LogP) is 2.69. The molecule has 160 valence electrons. The Labute approximate surface area is 180 Å². The summed E-state index contributed by atoms with van der Waals surface area (Å²) < 4.78 is 40.2. The number of nitrogens with one attached hydrogen (secondary N) is 2. The van der Waals surface area contributed by atoms with Crippen molar-refractivity contribution in [3.8, 4) is 17.4 Å². The minimum atomic E-state index is -3.88. The Kier molecular flexibility index (Phi) is 4.67. The Balaban J connectivity index is 1.32. The molecule has 5 rings (SSSR count). The summed E-state index contributed by atoms with van der Waals surface area (Å²) in [4.78, 5) is 25.9. The Morgan fingerprint density at radius 3 is 2.69 bits per heavy atom. The molecule has 0 atom stereocenters. The van der Waals surface area contributed by atoms with E-state index in [0.717, 1.165) is 0 Å². The first-order chi connectivity index (χ1) is 15.5. The number of rotatable bonds is 6. The van der Waals surface area contributed by atoms with Gasteiger partial charge < -0.3 is 9.15 Å². The van der Waals surface area contributed by atoms with Crippen molar-refractivity contribution in [2.45, 2.75) is 4.90 Å². The number of anilines is 1. The number of aromatic amines is 1. The second kappa shape index (κ2) is 7.67. The maximum atomic E-state index is 12.7. The summed E-state index contributed by atoms with van der Waals surface area (Å²) in [5, 5.41) is 0. The zero-order chi connectivity index (χ0) is 22.1. The van der Waals surface area contributed by atoms with Crippen LogP contribution in [0, 0.1) is 0 Å². The molecule has 0 saturated carbocycles. The van der Waals surface area contributed by atoms with E-state index in [2.05, 4.69) is 24.7 Å². The van der Waals surface area contributed by atoms with Crippen molar-refractivity contribution in [2.75, 3.05) is 4.72 Å². The van der Waals surface area contributed by atoms with Crippen molar-refractivity contribution < 1.29 is 17.6 Å². The number of fused-ring (bicyclic) bond motifs is 1. The first kappa shape index (κ1) is 19.5. The van der Waals surface area contributed by atoms with Gasteiger partial charge in [0.25, 0.3) is 10.0 Å². The summed E-state index contributed by atoms with van der Waals surface area (Å²) in [6.45, 7) is 0. The summed E-state index contributed by atoms with van der Waals surface area (Å²) in [5.74, 6) is 0.715. The minimum Gasteiger partial charge on any atom is -0.439 e. The third-order valence-electron chi connectivity index (χ3n) is 4.43. The lowest BCUT2D eigenvalue weighted by molar-refractivity contribution is 0.461. The topological polar surface area (TPSA) is 145 Å². The maximum absolute atomic E-state index is 12.7. The SMILES string of the molecule is O=c1[nH]c2cc(S(=O)(=O)Nc3ccc(Oc4cc(-n5ccnc5)ncn4)cc3)ccc2o1. The summed E-state index contributed by atoms with van der Waals surface area (Å²) in [6.07, 6.45) is 6.36. The Morgan fingerprint density at radius 1 is 1.06 bits per heavy atom. The third-order valence-corrected chi connectivity index (χ3v) is 5.81. The molecule has 0 saturated heterocycles. The van der Waals surface area contributed by atoms with Crippen molar-refractivity contribution in [3.05, 3.63) is 84.1 Å².